The molecule has 1 atom stereocenters. The molecule has 34 heavy (non-hydrogen) atoms. The van der Waals surface area contributed by atoms with E-state index in [9.17, 15) is 4.79 Å². The predicted octanol–water partition coefficient (Wildman–Crippen LogP) is 4.36. The zero-order valence-electron chi connectivity index (χ0n) is 19.3. The molecule has 7 nitrogen and oxygen atoms in total. The first-order valence-electron chi connectivity index (χ1n) is 11.7. The van der Waals surface area contributed by atoms with Crippen LogP contribution < -0.4 is 10.2 Å². The van der Waals surface area contributed by atoms with Crippen molar-refractivity contribution >= 4 is 22.5 Å². The van der Waals surface area contributed by atoms with Crippen molar-refractivity contribution in [3.63, 3.8) is 0 Å². The number of aryl methyl sites for hydroxylation is 2. The number of pyridine rings is 1. The number of anilines is 1. The molecule has 2 aromatic heterocycles. The zero-order chi connectivity index (χ0) is 23.7. The second-order valence-corrected chi connectivity index (χ2v) is 8.64. The fourth-order valence-electron chi connectivity index (χ4n) is 4.62. The van der Waals surface area contributed by atoms with E-state index in [1.54, 1.807) is 34.1 Å². The van der Waals surface area contributed by atoms with Crippen LogP contribution in [0.15, 0.2) is 54.9 Å². The number of nitrogens with zero attached hydrogens (tertiary/aromatic N) is 5. The van der Waals surface area contributed by atoms with E-state index in [0.717, 1.165) is 35.7 Å². The molecule has 0 saturated carbocycles. The minimum Gasteiger partial charge on any atom is -0.315 e. The molecule has 1 fully saturated rings. The van der Waals surface area contributed by atoms with Crippen molar-refractivity contribution in [3.05, 3.63) is 71.8 Å². The van der Waals surface area contributed by atoms with E-state index >= 15 is 4.39 Å². The molecular formula is C26H27FN6O. The molecule has 0 radical (unpaired) electrons. The van der Waals surface area contributed by atoms with Gasteiger partial charge in [0.2, 0.25) is 0 Å². The summed E-state index contributed by atoms with van der Waals surface area (Å²) in [5, 5.41) is 13.4. The summed E-state index contributed by atoms with van der Waals surface area (Å²) in [6.07, 6.45) is 5.23. The number of hydrogen-bond donors (Lipinski definition) is 1. The Labute approximate surface area is 197 Å². The summed E-state index contributed by atoms with van der Waals surface area (Å²) in [5.74, 6) is -0.402. The highest BCUT2D eigenvalue weighted by Crippen LogP contribution is 2.32. The van der Waals surface area contributed by atoms with Crippen molar-refractivity contribution in [2.45, 2.75) is 39.3 Å². The van der Waals surface area contributed by atoms with E-state index in [4.69, 9.17) is 0 Å². The van der Waals surface area contributed by atoms with Gasteiger partial charge in [0, 0.05) is 30.2 Å². The molecule has 0 bridgehead atoms. The number of piperidine rings is 1. The lowest BCUT2D eigenvalue weighted by molar-refractivity contribution is 0.0968. The summed E-state index contributed by atoms with van der Waals surface area (Å²) in [6.45, 7) is 6.18. The van der Waals surface area contributed by atoms with Crippen LogP contribution in [0.3, 0.4) is 0 Å². The average molecular weight is 459 g/mol. The van der Waals surface area contributed by atoms with Crippen LogP contribution in [0.25, 0.3) is 22.0 Å². The van der Waals surface area contributed by atoms with E-state index in [2.05, 4.69) is 20.6 Å². The molecule has 174 valence electrons. The second kappa shape index (κ2) is 9.30. The SMILES string of the molecule is CCn1cc(-c2ccc(C(=O)N(c3nccc4cccc(C)c34)[C@@H]3CCCNC3)c(F)c2)nn1. The summed E-state index contributed by atoms with van der Waals surface area (Å²) in [7, 11) is 0. The minimum absolute atomic E-state index is 0.0181. The van der Waals surface area contributed by atoms with Gasteiger partial charge in [-0.2, -0.15) is 0 Å². The first-order chi connectivity index (χ1) is 16.6. The van der Waals surface area contributed by atoms with Crippen molar-refractivity contribution in [1.82, 2.24) is 25.3 Å². The number of rotatable bonds is 5. The molecule has 8 heteroatoms. The van der Waals surface area contributed by atoms with Gasteiger partial charge in [-0.15, -0.1) is 5.10 Å². The number of fused-ring (bicyclic) bond motifs is 1. The minimum atomic E-state index is -0.584. The number of amides is 1. The summed E-state index contributed by atoms with van der Waals surface area (Å²) < 4.78 is 17.1. The van der Waals surface area contributed by atoms with Gasteiger partial charge in [0.05, 0.1) is 17.8 Å². The normalized spacial score (nSPS) is 16.0. The summed E-state index contributed by atoms with van der Waals surface area (Å²) >= 11 is 0. The van der Waals surface area contributed by atoms with Gasteiger partial charge in [0.1, 0.15) is 17.3 Å². The Morgan fingerprint density at radius 3 is 2.88 bits per heavy atom. The van der Waals surface area contributed by atoms with Gasteiger partial charge < -0.3 is 5.32 Å². The van der Waals surface area contributed by atoms with E-state index in [1.165, 1.54) is 6.07 Å². The average Bonchev–Trinajstić information content (AvgIpc) is 3.34. The highest BCUT2D eigenvalue weighted by Gasteiger charge is 2.31. The van der Waals surface area contributed by atoms with Crippen LogP contribution in [0.4, 0.5) is 10.2 Å². The van der Waals surface area contributed by atoms with Crippen LogP contribution in [0.1, 0.15) is 35.7 Å². The molecule has 0 aliphatic carbocycles. The molecule has 2 aromatic carbocycles. The van der Waals surface area contributed by atoms with Crippen LogP contribution in [-0.2, 0) is 6.54 Å². The first-order valence-corrected chi connectivity index (χ1v) is 11.7. The molecule has 4 aromatic rings. The van der Waals surface area contributed by atoms with Crippen LogP contribution in [-0.4, -0.2) is 45.0 Å². The molecule has 5 rings (SSSR count). The Hall–Kier alpha value is -3.65. The largest absolute Gasteiger partial charge is 0.315 e. The highest BCUT2D eigenvalue weighted by molar-refractivity contribution is 6.11. The maximum absolute atomic E-state index is 15.4. The number of halogens is 1. The van der Waals surface area contributed by atoms with Gasteiger partial charge in [0.25, 0.3) is 5.91 Å². The standard InChI is InChI=1S/C26H27FN6O/c1-3-32-16-23(30-31-32)19-9-10-21(22(27)14-19)26(34)33(20-8-5-12-28-15-20)25-24-17(2)6-4-7-18(24)11-13-29-25/h4,6-7,9-11,13-14,16,20,28H,3,5,8,12,15H2,1-2H3/t20-/m1/s1. The smallest absolute Gasteiger partial charge is 0.262 e. The van der Waals surface area contributed by atoms with Crippen molar-refractivity contribution in [2.75, 3.05) is 18.0 Å². The molecular weight excluding hydrogens is 431 g/mol. The van der Waals surface area contributed by atoms with Gasteiger partial charge in [0.15, 0.2) is 0 Å². The number of benzene rings is 2. The third kappa shape index (κ3) is 4.05. The van der Waals surface area contributed by atoms with Crippen molar-refractivity contribution < 1.29 is 9.18 Å². The van der Waals surface area contributed by atoms with E-state index < -0.39 is 11.7 Å². The molecule has 1 N–H and O–H groups in total. The third-order valence-electron chi connectivity index (χ3n) is 6.42. The van der Waals surface area contributed by atoms with Crippen molar-refractivity contribution in [1.29, 1.82) is 0 Å². The van der Waals surface area contributed by atoms with E-state index in [0.29, 0.717) is 30.2 Å². The molecule has 1 amide bonds. The van der Waals surface area contributed by atoms with Crippen LogP contribution in [0.2, 0.25) is 0 Å². The lowest BCUT2D eigenvalue weighted by Crippen LogP contribution is -2.49. The number of carbonyl (C=O) groups excluding carboxylic acids is 1. The fourth-order valence-corrected chi connectivity index (χ4v) is 4.62. The van der Waals surface area contributed by atoms with Gasteiger partial charge in [-0.1, -0.05) is 29.5 Å². The lowest BCUT2D eigenvalue weighted by Gasteiger charge is -2.35. The molecule has 3 heterocycles. The molecule has 1 aliphatic heterocycles. The Bertz CT molecular complexity index is 1340. The van der Waals surface area contributed by atoms with Gasteiger partial charge in [-0.3, -0.25) is 14.4 Å². The highest BCUT2D eigenvalue weighted by atomic mass is 19.1. The van der Waals surface area contributed by atoms with Crippen LogP contribution in [0.5, 0.6) is 0 Å². The van der Waals surface area contributed by atoms with Crippen molar-refractivity contribution in [3.8, 4) is 11.3 Å². The Kier molecular flexibility index (Phi) is 6.06. The Balaban J connectivity index is 1.58. The molecule has 1 aliphatic rings. The quantitative estimate of drug-likeness (QED) is 0.481. The number of nitrogens with one attached hydrogen (secondary N) is 1. The molecule has 0 spiro atoms. The Morgan fingerprint density at radius 1 is 1.26 bits per heavy atom. The fraction of sp³-hybridized carbons (Fsp3) is 0.308. The lowest BCUT2D eigenvalue weighted by atomic mass is 10.0. The topological polar surface area (TPSA) is 75.9 Å². The monoisotopic (exact) mass is 458 g/mol. The van der Waals surface area contributed by atoms with Crippen LogP contribution in [0, 0.1) is 12.7 Å². The summed E-state index contributed by atoms with van der Waals surface area (Å²) in [4.78, 5) is 20.2. The second-order valence-electron chi connectivity index (χ2n) is 8.64. The number of hydrogen-bond acceptors (Lipinski definition) is 5. The maximum Gasteiger partial charge on any atom is 0.262 e. The third-order valence-corrected chi connectivity index (χ3v) is 6.42. The zero-order valence-corrected chi connectivity index (χ0v) is 19.3. The summed E-state index contributed by atoms with van der Waals surface area (Å²) in [6, 6.07) is 12.4. The van der Waals surface area contributed by atoms with Gasteiger partial charge in [-0.05, 0) is 62.4 Å². The van der Waals surface area contributed by atoms with Gasteiger partial charge in [-0.25, -0.2) is 9.37 Å². The first kappa shape index (κ1) is 22.2. The molecule has 1 saturated heterocycles. The number of aromatic nitrogens is 4. The maximum atomic E-state index is 15.4. The summed E-state index contributed by atoms with van der Waals surface area (Å²) in [5.41, 5.74) is 2.19. The predicted molar refractivity (Wildman–Crippen MR) is 130 cm³/mol. The Morgan fingerprint density at radius 2 is 2.15 bits per heavy atom. The van der Waals surface area contributed by atoms with Crippen LogP contribution >= 0.6 is 0 Å². The van der Waals surface area contributed by atoms with E-state index in [1.807, 2.05) is 38.1 Å². The van der Waals surface area contributed by atoms with Gasteiger partial charge >= 0.3 is 0 Å². The van der Waals surface area contributed by atoms with E-state index in [-0.39, 0.29) is 11.6 Å². The van der Waals surface area contributed by atoms with Crippen molar-refractivity contribution in [2.24, 2.45) is 0 Å². The number of carbonyl (C=O) groups is 1. The molecule has 0 unspecified atom stereocenters.